The molecule has 0 saturated heterocycles. The first-order chi connectivity index (χ1) is 8.31. The van der Waals surface area contributed by atoms with Gasteiger partial charge in [-0.05, 0) is 11.6 Å². The Morgan fingerprint density at radius 1 is 1.06 bits per heavy atom. The fraction of sp³-hybridized carbons (Fsp3) is 0.0667. The molecule has 2 aromatic carbocycles. The van der Waals surface area contributed by atoms with Crippen molar-refractivity contribution in [2.45, 2.75) is 6.61 Å². The van der Waals surface area contributed by atoms with Crippen LogP contribution in [-0.4, -0.2) is 0 Å². The molecular weight excluding hydrogens is 215 g/mol. The van der Waals surface area contributed by atoms with Crippen molar-refractivity contribution in [1.82, 2.24) is 0 Å². The van der Waals surface area contributed by atoms with E-state index < -0.39 is 0 Å². The molecule has 0 N–H and O–H groups in total. The molecule has 0 fully saturated rings. The molecule has 0 saturated carbocycles. The summed E-state index contributed by atoms with van der Waals surface area (Å²) in [5.41, 5.74) is 1.67. The van der Waals surface area contributed by atoms with Crippen LogP contribution in [0.1, 0.15) is 11.1 Å². The van der Waals surface area contributed by atoms with Gasteiger partial charge in [0.25, 0.3) is 0 Å². The molecule has 2 heteroatoms. The van der Waals surface area contributed by atoms with Crippen LogP contribution < -0.4 is 4.74 Å². The second-order valence-corrected chi connectivity index (χ2v) is 3.64. The number of hydrogen-bond donors (Lipinski definition) is 0. The van der Waals surface area contributed by atoms with E-state index in [0.717, 1.165) is 5.56 Å². The van der Waals surface area contributed by atoms with E-state index in [1.807, 2.05) is 30.3 Å². The first-order valence-electron chi connectivity index (χ1n) is 5.39. The van der Waals surface area contributed by atoms with Gasteiger partial charge in [-0.3, -0.25) is 0 Å². The number of ether oxygens (including phenoxy) is 1. The van der Waals surface area contributed by atoms with E-state index >= 15 is 0 Å². The minimum atomic E-state index is -0.363. The Morgan fingerprint density at radius 3 is 2.53 bits per heavy atom. The van der Waals surface area contributed by atoms with Crippen molar-refractivity contribution in [2.24, 2.45) is 0 Å². The van der Waals surface area contributed by atoms with Gasteiger partial charge >= 0.3 is 0 Å². The van der Waals surface area contributed by atoms with Crippen LogP contribution in [0, 0.1) is 5.82 Å². The number of halogens is 1. The zero-order valence-electron chi connectivity index (χ0n) is 9.40. The van der Waals surface area contributed by atoms with E-state index in [0.29, 0.717) is 12.2 Å². The van der Waals surface area contributed by atoms with E-state index in [-0.39, 0.29) is 11.6 Å². The van der Waals surface area contributed by atoms with Gasteiger partial charge in [0.1, 0.15) is 6.61 Å². The summed E-state index contributed by atoms with van der Waals surface area (Å²) in [6.45, 7) is 3.99. The number of rotatable bonds is 4. The molecule has 0 unspecified atom stereocenters. The molecule has 0 aliphatic carbocycles. The lowest BCUT2D eigenvalue weighted by Gasteiger charge is -2.10. The van der Waals surface area contributed by atoms with Gasteiger partial charge in [0.15, 0.2) is 11.6 Å². The maximum Gasteiger partial charge on any atom is 0.165 e. The summed E-state index contributed by atoms with van der Waals surface area (Å²) in [5.74, 6) is -0.107. The summed E-state index contributed by atoms with van der Waals surface area (Å²) in [4.78, 5) is 0. The molecule has 2 rings (SSSR count). The van der Waals surface area contributed by atoms with Crippen molar-refractivity contribution in [2.75, 3.05) is 0 Å². The van der Waals surface area contributed by atoms with Gasteiger partial charge in [-0.1, -0.05) is 55.1 Å². The molecule has 0 radical (unpaired) electrons. The van der Waals surface area contributed by atoms with Gasteiger partial charge in [0.2, 0.25) is 0 Å². The normalized spacial score (nSPS) is 9.94. The summed E-state index contributed by atoms with van der Waals surface area (Å²) in [6.07, 6.45) is 1.59. The highest BCUT2D eigenvalue weighted by atomic mass is 19.1. The predicted octanol–water partition coefficient (Wildman–Crippen LogP) is 4.05. The van der Waals surface area contributed by atoms with Gasteiger partial charge in [-0.15, -0.1) is 0 Å². The lowest BCUT2D eigenvalue weighted by Crippen LogP contribution is -1.98. The zero-order valence-corrected chi connectivity index (χ0v) is 9.40. The van der Waals surface area contributed by atoms with Crippen molar-refractivity contribution in [3.8, 4) is 5.75 Å². The summed E-state index contributed by atoms with van der Waals surface area (Å²) in [6, 6.07) is 14.5. The highest BCUT2D eigenvalue weighted by Crippen LogP contribution is 2.24. The molecule has 0 atom stereocenters. The van der Waals surface area contributed by atoms with Crippen molar-refractivity contribution in [3.05, 3.63) is 72.1 Å². The maximum atomic E-state index is 13.6. The number of para-hydroxylation sites is 1. The third kappa shape index (κ3) is 2.72. The van der Waals surface area contributed by atoms with Gasteiger partial charge in [-0.2, -0.15) is 0 Å². The van der Waals surface area contributed by atoms with Crippen LogP contribution in [0.2, 0.25) is 0 Å². The summed E-state index contributed by atoms with van der Waals surface area (Å²) in [5, 5.41) is 0. The Balaban J connectivity index is 2.16. The molecule has 0 amide bonds. The first-order valence-corrected chi connectivity index (χ1v) is 5.39. The topological polar surface area (TPSA) is 9.23 Å². The minimum absolute atomic E-state index is 0.256. The minimum Gasteiger partial charge on any atom is -0.485 e. The first kappa shape index (κ1) is 11.4. The molecular formula is C15H13FO. The van der Waals surface area contributed by atoms with Crippen LogP contribution in [0.15, 0.2) is 55.1 Å². The molecule has 86 valence electrons. The third-order valence-corrected chi connectivity index (χ3v) is 2.44. The van der Waals surface area contributed by atoms with Crippen molar-refractivity contribution in [3.63, 3.8) is 0 Å². The fourth-order valence-electron chi connectivity index (χ4n) is 1.57. The Labute approximate surface area is 100 Å². The molecule has 0 aliphatic heterocycles. The van der Waals surface area contributed by atoms with Crippen molar-refractivity contribution < 1.29 is 9.13 Å². The van der Waals surface area contributed by atoms with Gasteiger partial charge in [0.05, 0.1) is 0 Å². The Kier molecular flexibility index (Phi) is 3.55. The Hall–Kier alpha value is -2.09. The van der Waals surface area contributed by atoms with E-state index in [9.17, 15) is 4.39 Å². The molecule has 17 heavy (non-hydrogen) atoms. The van der Waals surface area contributed by atoms with Gasteiger partial charge < -0.3 is 4.74 Å². The van der Waals surface area contributed by atoms with Crippen LogP contribution >= 0.6 is 0 Å². The molecule has 0 aliphatic rings. The second-order valence-electron chi connectivity index (χ2n) is 3.64. The number of hydrogen-bond acceptors (Lipinski definition) is 1. The summed E-state index contributed by atoms with van der Waals surface area (Å²) in [7, 11) is 0. The molecule has 0 aromatic heterocycles. The standard InChI is InChI=1S/C15H13FO/c1-2-13-9-6-10-14(16)15(13)17-11-12-7-4-3-5-8-12/h2-10H,1,11H2. The van der Waals surface area contributed by atoms with E-state index in [4.69, 9.17) is 4.74 Å². The van der Waals surface area contributed by atoms with E-state index in [1.54, 1.807) is 18.2 Å². The lowest BCUT2D eigenvalue weighted by molar-refractivity contribution is 0.289. The van der Waals surface area contributed by atoms with Crippen LogP contribution in [0.25, 0.3) is 6.08 Å². The second kappa shape index (κ2) is 5.30. The monoisotopic (exact) mass is 228 g/mol. The molecule has 2 aromatic rings. The van der Waals surface area contributed by atoms with Crippen LogP contribution in [0.5, 0.6) is 5.75 Å². The number of benzene rings is 2. The average Bonchev–Trinajstić information content (AvgIpc) is 2.38. The SMILES string of the molecule is C=Cc1cccc(F)c1OCc1ccccc1. The molecule has 0 heterocycles. The molecule has 0 spiro atoms. The molecule has 0 bridgehead atoms. The Morgan fingerprint density at radius 2 is 1.82 bits per heavy atom. The fourth-order valence-corrected chi connectivity index (χ4v) is 1.57. The Bertz CT molecular complexity index is 506. The smallest absolute Gasteiger partial charge is 0.165 e. The average molecular weight is 228 g/mol. The summed E-state index contributed by atoms with van der Waals surface area (Å²) < 4.78 is 19.1. The van der Waals surface area contributed by atoms with E-state index in [1.165, 1.54) is 6.07 Å². The maximum absolute atomic E-state index is 13.6. The van der Waals surface area contributed by atoms with Crippen molar-refractivity contribution >= 4 is 6.08 Å². The highest BCUT2D eigenvalue weighted by Gasteiger charge is 2.07. The summed E-state index contributed by atoms with van der Waals surface area (Å²) >= 11 is 0. The van der Waals surface area contributed by atoms with Gasteiger partial charge in [-0.25, -0.2) is 4.39 Å². The van der Waals surface area contributed by atoms with Crippen molar-refractivity contribution in [1.29, 1.82) is 0 Å². The quantitative estimate of drug-likeness (QED) is 0.767. The van der Waals surface area contributed by atoms with E-state index in [2.05, 4.69) is 6.58 Å². The molecule has 1 nitrogen and oxygen atoms in total. The van der Waals surface area contributed by atoms with Crippen LogP contribution in [0.3, 0.4) is 0 Å². The largest absolute Gasteiger partial charge is 0.485 e. The van der Waals surface area contributed by atoms with Crippen LogP contribution in [0.4, 0.5) is 4.39 Å². The predicted molar refractivity (Wildman–Crippen MR) is 67.3 cm³/mol. The zero-order chi connectivity index (χ0) is 12.1. The van der Waals surface area contributed by atoms with Crippen LogP contribution in [-0.2, 0) is 6.61 Å². The highest BCUT2D eigenvalue weighted by molar-refractivity contribution is 5.55. The lowest BCUT2D eigenvalue weighted by atomic mass is 10.2. The van der Waals surface area contributed by atoms with Gasteiger partial charge in [0, 0.05) is 5.56 Å². The third-order valence-electron chi connectivity index (χ3n) is 2.44.